The van der Waals surface area contributed by atoms with Crippen molar-refractivity contribution in [2.24, 2.45) is 17.8 Å². The van der Waals surface area contributed by atoms with Crippen LogP contribution in [0.15, 0.2) is 0 Å². The summed E-state index contributed by atoms with van der Waals surface area (Å²) in [7, 11) is 0. The fraction of sp³-hybridized carbons (Fsp3) is 0.909. The Bertz CT molecular complexity index is 132. The van der Waals surface area contributed by atoms with E-state index in [0.29, 0.717) is 18.4 Å². The standard InChI is InChI=1S/C11H21O2/c1-9(2)5-10(3)6-11(4)7-13-8-12/h9-11H,5-7H2,1-4H3. The average Bonchev–Trinajstić information content (AvgIpc) is 1.98. The lowest BCUT2D eigenvalue weighted by molar-refractivity contribution is 0.207. The van der Waals surface area contributed by atoms with Crippen LogP contribution in [-0.4, -0.2) is 13.1 Å². The highest BCUT2D eigenvalue weighted by atomic mass is 16.5. The van der Waals surface area contributed by atoms with Crippen LogP contribution in [0.25, 0.3) is 0 Å². The smallest absolute Gasteiger partial charge is 0.417 e. The van der Waals surface area contributed by atoms with E-state index in [1.54, 1.807) is 0 Å². The first-order chi connectivity index (χ1) is 6.06. The van der Waals surface area contributed by atoms with Gasteiger partial charge in [0.25, 0.3) is 0 Å². The fourth-order valence-corrected chi connectivity index (χ4v) is 1.83. The van der Waals surface area contributed by atoms with Crippen LogP contribution >= 0.6 is 0 Å². The Morgan fingerprint density at radius 1 is 1.08 bits per heavy atom. The van der Waals surface area contributed by atoms with Crippen molar-refractivity contribution >= 4 is 6.47 Å². The second-order valence-corrected chi connectivity index (χ2v) is 4.47. The van der Waals surface area contributed by atoms with Crippen LogP contribution in [0.1, 0.15) is 40.5 Å². The Kier molecular flexibility index (Phi) is 6.65. The number of ether oxygens (including phenoxy) is 1. The lowest BCUT2D eigenvalue weighted by Crippen LogP contribution is -2.11. The molecule has 0 saturated heterocycles. The highest BCUT2D eigenvalue weighted by Gasteiger charge is 2.10. The summed E-state index contributed by atoms with van der Waals surface area (Å²) in [6, 6.07) is 0. The molecule has 0 aromatic carbocycles. The summed E-state index contributed by atoms with van der Waals surface area (Å²) in [5.41, 5.74) is 0. The zero-order valence-corrected chi connectivity index (χ0v) is 9.17. The third-order valence-electron chi connectivity index (χ3n) is 2.11. The molecule has 2 nitrogen and oxygen atoms in total. The molecule has 0 aromatic rings. The first-order valence-electron chi connectivity index (χ1n) is 5.05. The Morgan fingerprint density at radius 2 is 1.69 bits per heavy atom. The van der Waals surface area contributed by atoms with Crippen LogP contribution in [0, 0.1) is 17.8 Å². The molecule has 0 saturated carbocycles. The van der Waals surface area contributed by atoms with Crippen LogP contribution in [0.2, 0.25) is 0 Å². The van der Waals surface area contributed by atoms with Gasteiger partial charge in [-0.25, -0.2) is 4.79 Å². The fourth-order valence-electron chi connectivity index (χ4n) is 1.83. The Labute approximate surface area is 81.7 Å². The Balaban J connectivity index is 3.51. The summed E-state index contributed by atoms with van der Waals surface area (Å²) in [5.74, 6) is 1.92. The van der Waals surface area contributed by atoms with E-state index in [0.717, 1.165) is 12.3 Å². The number of rotatable bonds is 7. The van der Waals surface area contributed by atoms with Gasteiger partial charge in [0.05, 0.1) is 6.61 Å². The second-order valence-electron chi connectivity index (χ2n) is 4.47. The topological polar surface area (TPSA) is 26.3 Å². The van der Waals surface area contributed by atoms with E-state index in [-0.39, 0.29) is 0 Å². The molecule has 0 rings (SSSR count). The molecule has 0 fully saturated rings. The average molecular weight is 185 g/mol. The van der Waals surface area contributed by atoms with E-state index in [4.69, 9.17) is 0 Å². The molecule has 0 aliphatic carbocycles. The van der Waals surface area contributed by atoms with Gasteiger partial charge in [0.15, 0.2) is 0 Å². The van der Waals surface area contributed by atoms with Crippen molar-refractivity contribution in [3.63, 3.8) is 0 Å². The molecule has 13 heavy (non-hydrogen) atoms. The molecule has 0 amide bonds. The van der Waals surface area contributed by atoms with Gasteiger partial charge in [-0.3, -0.25) is 0 Å². The zero-order chi connectivity index (χ0) is 10.3. The van der Waals surface area contributed by atoms with Crippen molar-refractivity contribution in [2.45, 2.75) is 40.5 Å². The van der Waals surface area contributed by atoms with E-state index in [2.05, 4.69) is 32.4 Å². The normalized spacial score (nSPS) is 15.5. The summed E-state index contributed by atoms with van der Waals surface area (Å²) < 4.78 is 4.60. The van der Waals surface area contributed by atoms with Crippen molar-refractivity contribution in [3.8, 4) is 0 Å². The summed E-state index contributed by atoms with van der Waals surface area (Å²) in [6.07, 6.45) is 2.37. The monoisotopic (exact) mass is 185 g/mol. The highest BCUT2D eigenvalue weighted by molar-refractivity contribution is 5.38. The minimum absolute atomic E-state index is 0.454. The predicted octanol–water partition coefficient (Wildman–Crippen LogP) is 2.78. The van der Waals surface area contributed by atoms with Gasteiger partial charge in [-0.1, -0.05) is 27.7 Å². The third-order valence-corrected chi connectivity index (χ3v) is 2.11. The van der Waals surface area contributed by atoms with Gasteiger partial charge in [-0.05, 0) is 30.6 Å². The molecule has 0 bridgehead atoms. The molecule has 0 aromatic heterocycles. The SMILES string of the molecule is CC(C)CC(C)CC(C)CO[C]=O. The molecule has 2 heteroatoms. The highest BCUT2D eigenvalue weighted by Crippen LogP contribution is 2.19. The molecule has 0 heterocycles. The molecular weight excluding hydrogens is 164 g/mol. The molecule has 0 aliphatic heterocycles. The van der Waals surface area contributed by atoms with E-state index in [1.165, 1.54) is 12.9 Å². The number of hydrogen-bond donors (Lipinski definition) is 0. The molecule has 77 valence electrons. The molecule has 1 radical (unpaired) electrons. The third kappa shape index (κ3) is 7.82. The molecule has 0 aliphatic rings. The molecule has 2 unspecified atom stereocenters. The zero-order valence-electron chi connectivity index (χ0n) is 9.17. The van der Waals surface area contributed by atoms with E-state index in [1.807, 2.05) is 0 Å². The summed E-state index contributed by atoms with van der Waals surface area (Å²) in [5, 5.41) is 0. The largest absolute Gasteiger partial charge is 0.457 e. The van der Waals surface area contributed by atoms with Crippen LogP contribution < -0.4 is 0 Å². The lowest BCUT2D eigenvalue weighted by Gasteiger charge is -2.17. The van der Waals surface area contributed by atoms with E-state index in [9.17, 15) is 4.79 Å². The molecule has 0 spiro atoms. The second kappa shape index (κ2) is 6.93. The van der Waals surface area contributed by atoms with Crippen molar-refractivity contribution in [2.75, 3.05) is 6.61 Å². The van der Waals surface area contributed by atoms with Crippen LogP contribution in [0.3, 0.4) is 0 Å². The van der Waals surface area contributed by atoms with Gasteiger partial charge < -0.3 is 4.74 Å². The van der Waals surface area contributed by atoms with Crippen molar-refractivity contribution < 1.29 is 9.53 Å². The van der Waals surface area contributed by atoms with Crippen LogP contribution in [-0.2, 0) is 9.53 Å². The van der Waals surface area contributed by atoms with Gasteiger partial charge in [0, 0.05) is 0 Å². The van der Waals surface area contributed by atoms with Gasteiger partial charge in [-0.15, -0.1) is 0 Å². The minimum atomic E-state index is 0.454. The van der Waals surface area contributed by atoms with Gasteiger partial charge >= 0.3 is 6.47 Å². The lowest BCUT2D eigenvalue weighted by atomic mass is 9.91. The van der Waals surface area contributed by atoms with Crippen molar-refractivity contribution in [1.82, 2.24) is 0 Å². The molecule has 0 N–H and O–H groups in total. The first-order valence-corrected chi connectivity index (χ1v) is 5.05. The van der Waals surface area contributed by atoms with Crippen molar-refractivity contribution in [1.29, 1.82) is 0 Å². The Hall–Kier alpha value is -0.530. The Morgan fingerprint density at radius 3 is 2.15 bits per heavy atom. The predicted molar refractivity (Wildman–Crippen MR) is 54.0 cm³/mol. The van der Waals surface area contributed by atoms with Crippen molar-refractivity contribution in [3.05, 3.63) is 0 Å². The van der Waals surface area contributed by atoms with Crippen LogP contribution in [0.5, 0.6) is 0 Å². The minimum Gasteiger partial charge on any atom is -0.457 e. The number of carbonyl (C=O) groups excluding carboxylic acids is 1. The maximum absolute atomic E-state index is 9.83. The maximum Gasteiger partial charge on any atom is 0.417 e. The van der Waals surface area contributed by atoms with Gasteiger partial charge in [0.1, 0.15) is 0 Å². The molecular formula is C11H21O2. The quantitative estimate of drug-likeness (QED) is 0.609. The number of hydrogen-bond acceptors (Lipinski definition) is 2. The van der Waals surface area contributed by atoms with E-state index >= 15 is 0 Å². The maximum atomic E-state index is 9.83. The summed E-state index contributed by atoms with van der Waals surface area (Å²) >= 11 is 0. The summed E-state index contributed by atoms with van der Waals surface area (Å²) in [4.78, 5) is 9.83. The van der Waals surface area contributed by atoms with E-state index < -0.39 is 0 Å². The molecule has 2 atom stereocenters. The van der Waals surface area contributed by atoms with Gasteiger partial charge in [-0.2, -0.15) is 0 Å². The van der Waals surface area contributed by atoms with Gasteiger partial charge in [0.2, 0.25) is 0 Å². The first kappa shape index (κ1) is 12.5. The van der Waals surface area contributed by atoms with Crippen LogP contribution in [0.4, 0.5) is 0 Å². The summed E-state index contributed by atoms with van der Waals surface area (Å²) in [6.45, 7) is 10.8.